The number of aliphatic hydroxyl groups excluding tert-OH is 2. The first-order chi connectivity index (χ1) is 8.18. The zero-order valence-electron chi connectivity index (χ0n) is 9.59. The number of nitrogens with one attached hydrogen (secondary N) is 1. The maximum absolute atomic E-state index is 9.26. The van der Waals surface area contributed by atoms with Crippen LogP contribution in [0.2, 0.25) is 0 Å². The van der Waals surface area contributed by atoms with Crippen LogP contribution in [0.25, 0.3) is 10.9 Å². The Balaban J connectivity index is 2.42. The predicted octanol–water partition coefficient (Wildman–Crippen LogP) is 0.785. The third-order valence-electron chi connectivity index (χ3n) is 2.68. The summed E-state index contributed by atoms with van der Waals surface area (Å²) < 4.78 is 0. The molecule has 0 radical (unpaired) electrons. The van der Waals surface area contributed by atoms with E-state index in [4.69, 9.17) is 0 Å². The fourth-order valence-corrected chi connectivity index (χ4v) is 1.56. The van der Waals surface area contributed by atoms with E-state index in [2.05, 4.69) is 15.5 Å². The van der Waals surface area contributed by atoms with Crippen molar-refractivity contribution in [3.63, 3.8) is 0 Å². The van der Waals surface area contributed by atoms with E-state index in [-0.39, 0.29) is 13.2 Å². The third-order valence-corrected chi connectivity index (χ3v) is 2.68. The zero-order valence-corrected chi connectivity index (χ0v) is 9.59. The second-order valence-electron chi connectivity index (χ2n) is 4.28. The Hall–Kier alpha value is -1.72. The van der Waals surface area contributed by atoms with E-state index in [1.54, 1.807) is 13.1 Å². The molecule has 0 atom stereocenters. The Labute approximate surface area is 99.1 Å². The minimum atomic E-state index is -0.772. The molecule has 2 aromatic rings. The normalized spacial score (nSPS) is 11.7. The van der Waals surface area contributed by atoms with Gasteiger partial charge in [0, 0.05) is 5.39 Å². The molecular weight excluding hydrogens is 218 g/mol. The third kappa shape index (κ3) is 2.35. The van der Waals surface area contributed by atoms with Crippen LogP contribution in [-0.4, -0.2) is 39.2 Å². The lowest BCUT2D eigenvalue weighted by atomic mass is 10.0. The van der Waals surface area contributed by atoms with Crippen molar-refractivity contribution in [3.8, 4) is 0 Å². The standard InChI is InChI=1S/C12H15N3O2/c1-12(7-16,8-17)14-11-6-13-15-10-5-3-2-4-9(10)11/h2-6,16-17H,7-8H2,1H3,(H,14,15). The molecule has 17 heavy (non-hydrogen) atoms. The van der Waals surface area contributed by atoms with Crippen LogP contribution >= 0.6 is 0 Å². The minimum absolute atomic E-state index is 0.167. The van der Waals surface area contributed by atoms with Gasteiger partial charge in [-0.15, -0.1) is 0 Å². The van der Waals surface area contributed by atoms with Gasteiger partial charge in [-0.2, -0.15) is 10.2 Å². The average molecular weight is 233 g/mol. The van der Waals surface area contributed by atoms with Crippen molar-refractivity contribution in [1.29, 1.82) is 0 Å². The van der Waals surface area contributed by atoms with Crippen LogP contribution < -0.4 is 5.32 Å². The minimum Gasteiger partial charge on any atom is -0.394 e. The molecule has 0 unspecified atom stereocenters. The molecule has 0 fully saturated rings. The van der Waals surface area contributed by atoms with Crippen LogP contribution in [0.4, 0.5) is 5.69 Å². The summed E-state index contributed by atoms with van der Waals surface area (Å²) in [5, 5.41) is 30.4. The molecule has 1 heterocycles. The molecule has 0 aliphatic carbocycles. The molecule has 3 N–H and O–H groups in total. The largest absolute Gasteiger partial charge is 0.394 e. The lowest BCUT2D eigenvalue weighted by Crippen LogP contribution is -2.42. The second-order valence-corrected chi connectivity index (χ2v) is 4.28. The molecule has 90 valence electrons. The van der Waals surface area contributed by atoms with Crippen molar-refractivity contribution in [2.45, 2.75) is 12.5 Å². The van der Waals surface area contributed by atoms with Gasteiger partial charge in [-0.25, -0.2) is 0 Å². The molecule has 0 saturated heterocycles. The molecule has 0 aliphatic heterocycles. The molecule has 0 saturated carbocycles. The molecule has 2 rings (SSSR count). The van der Waals surface area contributed by atoms with Gasteiger partial charge in [0.2, 0.25) is 0 Å². The number of aromatic nitrogens is 2. The number of nitrogens with zero attached hydrogens (tertiary/aromatic N) is 2. The van der Waals surface area contributed by atoms with Crippen molar-refractivity contribution in [1.82, 2.24) is 10.2 Å². The summed E-state index contributed by atoms with van der Waals surface area (Å²) in [6.07, 6.45) is 1.59. The molecule has 1 aromatic carbocycles. The van der Waals surface area contributed by atoms with E-state index in [1.165, 1.54) is 0 Å². The highest BCUT2D eigenvalue weighted by Gasteiger charge is 2.22. The van der Waals surface area contributed by atoms with Crippen molar-refractivity contribution in [2.24, 2.45) is 0 Å². The van der Waals surface area contributed by atoms with Crippen LogP contribution in [0.5, 0.6) is 0 Å². The van der Waals surface area contributed by atoms with Gasteiger partial charge in [0.05, 0.1) is 36.2 Å². The monoisotopic (exact) mass is 233 g/mol. The van der Waals surface area contributed by atoms with Crippen molar-refractivity contribution >= 4 is 16.6 Å². The first kappa shape index (κ1) is 11.8. The van der Waals surface area contributed by atoms with Crippen LogP contribution in [0, 0.1) is 0 Å². The molecule has 5 heteroatoms. The summed E-state index contributed by atoms with van der Waals surface area (Å²) in [5.74, 6) is 0. The van der Waals surface area contributed by atoms with E-state index in [9.17, 15) is 10.2 Å². The Morgan fingerprint density at radius 1 is 1.24 bits per heavy atom. The summed E-state index contributed by atoms with van der Waals surface area (Å²) in [6.45, 7) is 1.41. The summed E-state index contributed by atoms with van der Waals surface area (Å²) in [4.78, 5) is 0. The highest BCUT2D eigenvalue weighted by atomic mass is 16.3. The fraction of sp³-hybridized carbons (Fsp3) is 0.333. The zero-order chi connectivity index (χ0) is 12.3. The smallest absolute Gasteiger partial charge is 0.0950 e. The lowest BCUT2D eigenvalue weighted by molar-refractivity contribution is 0.147. The average Bonchev–Trinajstić information content (AvgIpc) is 2.39. The Bertz CT molecular complexity index is 507. The topological polar surface area (TPSA) is 78.3 Å². The molecule has 0 aliphatic rings. The van der Waals surface area contributed by atoms with Gasteiger partial charge in [0.15, 0.2) is 0 Å². The van der Waals surface area contributed by atoms with E-state index in [0.717, 1.165) is 16.6 Å². The van der Waals surface area contributed by atoms with Gasteiger partial charge < -0.3 is 15.5 Å². The van der Waals surface area contributed by atoms with E-state index in [1.807, 2.05) is 24.3 Å². The Morgan fingerprint density at radius 2 is 1.94 bits per heavy atom. The summed E-state index contributed by atoms with van der Waals surface area (Å²) in [5.41, 5.74) is 0.753. The number of rotatable bonds is 4. The van der Waals surface area contributed by atoms with Gasteiger partial charge >= 0.3 is 0 Å². The van der Waals surface area contributed by atoms with Gasteiger partial charge in [-0.3, -0.25) is 0 Å². The summed E-state index contributed by atoms with van der Waals surface area (Å²) in [7, 11) is 0. The molecular formula is C12H15N3O2. The molecule has 1 aromatic heterocycles. The first-order valence-electron chi connectivity index (χ1n) is 5.39. The summed E-state index contributed by atoms with van der Waals surface area (Å²) in [6, 6.07) is 7.58. The van der Waals surface area contributed by atoms with Crippen LogP contribution in [0.3, 0.4) is 0 Å². The van der Waals surface area contributed by atoms with Gasteiger partial charge in [0.25, 0.3) is 0 Å². The van der Waals surface area contributed by atoms with Crippen LogP contribution in [0.15, 0.2) is 30.5 Å². The second kappa shape index (κ2) is 4.65. The number of benzene rings is 1. The van der Waals surface area contributed by atoms with E-state index in [0.29, 0.717) is 0 Å². The number of hydrogen-bond donors (Lipinski definition) is 3. The maximum Gasteiger partial charge on any atom is 0.0950 e. The molecule has 0 spiro atoms. The highest BCUT2D eigenvalue weighted by molar-refractivity contribution is 5.90. The fourth-order valence-electron chi connectivity index (χ4n) is 1.56. The first-order valence-corrected chi connectivity index (χ1v) is 5.39. The predicted molar refractivity (Wildman–Crippen MR) is 65.7 cm³/mol. The Morgan fingerprint density at radius 3 is 2.65 bits per heavy atom. The van der Waals surface area contributed by atoms with Gasteiger partial charge in [0.1, 0.15) is 0 Å². The SMILES string of the molecule is CC(CO)(CO)Nc1cnnc2ccccc12. The molecule has 5 nitrogen and oxygen atoms in total. The van der Waals surface area contributed by atoms with Crippen molar-refractivity contribution < 1.29 is 10.2 Å². The summed E-state index contributed by atoms with van der Waals surface area (Å²) >= 11 is 0. The number of hydrogen-bond acceptors (Lipinski definition) is 5. The Kier molecular flexibility index (Phi) is 3.21. The van der Waals surface area contributed by atoms with E-state index < -0.39 is 5.54 Å². The van der Waals surface area contributed by atoms with Crippen molar-refractivity contribution in [3.05, 3.63) is 30.5 Å². The lowest BCUT2D eigenvalue weighted by Gasteiger charge is -2.27. The van der Waals surface area contributed by atoms with E-state index >= 15 is 0 Å². The van der Waals surface area contributed by atoms with Crippen molar-refractivity contribution in [2.75, 3.05) is 18.5 Å². The number of fused-ring (bicyclic) bond motifs is 1. The highest BCUT2D eigenvalue weighted by Crippen LogP contribution is 2.23. The maximum atomic E-state index is 9.26. The number of anilines is 1. The van der Waals surface area contributed by atoms with Gasteiger partial charge in [-0.05, 0) is 13.0 Å². The van der Waals surface area contributed by atoms with Crippen LogP contribution in [-0.2, 0) is 0 Å². The van der Waals surface area contributed by atoms with Crippen LogP contribution in [0.1, 0.15) is 6.92 Å². The number of aliphatic hydroxyl groups is 2. The van der Waals surface area contributed by atoms with Gasteiger partial charge in [-0.1, -0.05) is 18.2 Å². The molecule has 0 amide bonds. The molecule has 0 bridgehead atoms. The quantitative estimate of drug-likeness (QED) is 0.727.